The van der Waals surface area contributed by atoms with Gasteiger partial charge in [0.2, 0.25) is 5.91 Å². The van der Waals surface area contributed by atoms with Gasteiger partial charge in [-0.2, -0.15) is 0 Å². The molecule has 5 heteroatoms. The first-order valence-corrected chi connectivity index (χ1v) is 6.58. The summed E-state index contributed by atoms with van der Waals surface area (Å²) in [6.45, 7) is 0.626. The van der Waals surface area contributed by atoms with Gasteiger partial charge in [0.1, 0.15) is 0 Å². The van der Waals surface area contributed by atoms with Crippen LogP contribution in [0.15, 0.2) is 15.9 Å². The number of amides is 1. The Morgan fingerprint density at radius 3 is 2.93 bits per heavy atom. The van der Waals surface area contributed by atoms with Crippen LogP contribution in [0.2, 0.25) is 0 Å². The molecule has 0 bridgehead atoms. The molecule has 0 radical (unpaired) electrons. The first kappa shape index (κ1) is 11.1. The highest BCUT2D eigenvalue weighted by molar-refractivity contribution is 9.10. The molecule has 0 unspecified atom stereocenters. The molecule has 1 saturated carbocycles. The lowest BCUT2D eigenvalue weighted by molar-refractivity contribution is -0.128. The van der Waals surface area contributed by atoms with Crippen molar-refractivity contribution in [2.24, 2.45) is 11.7 Å². The Labute approximate surface area is 101 Å². The van der Waals surface area contributed by atoms with Crippen LogP contribution >= 0.6 is 27.3 Å². The van der Waals surface area contributed by atoms with Gasteiger partial charge in [-0.3, -0.25) is 4.79 Å². The van der Waals surface area contributed by atoms with Crippen molar-refractivity contribution in [1.29, 1.82) is 0 Å². The summed E-state index contributed by atoms with van der Waals surface area (Å²) in [5.74, 6) is 0.282. The van der Waals surface area contributed by atoms with Gasteiger partial charge >= 0.3 is 0 Å². The number of hydrogen-bond acceptors (Lipinski definition) is 3. The predicted octanol–water partition coefficient (Wildman–Crippen LogP) is 1.86. The van der Waals surface area contributed by atoms with Crippen molar-refractivity contribution in [1.82, 2.24) is 5.32 Å². The molecule has 0 saturated heterocycles. The van der Waals surface area contributed by atoms with E-state index in [1.807, 2.05) is 11.4 Å². The summed E-state index contributed by atoms with van der Waals surface area (Å²) in [7, 11) is 0. The highest BCUT2D eigenvalue weighted by Gasteiger charge is 2.31. The molecule has 0 spiro atoms. The van der Waals surface area contributed by atoms with E-state index in [2.05, 4.69) is 21.2 Å². The van der Waals surface area contributed by atoms with Crippen molar-refractivity contribution < 1.29 is 4.79 Å². The zero-order valence-corrected chi connectivity index (χ0v) is 10.6. The SMILES string of the molecule is NC1CC(C(=O)NCc2cc(Br)cs2)C1. The molecule has 1 heterocycles. The van der Waals surface area contributed by atoms with Gasteiger partial charge in [-0.15, -0.1) is 11.3 Å². The number of carbonyl (C=O) groups excluding carboxylic acids is 1. The van der Waals surface area contributed by atoms with E-state index in [1.165, 1.54) is 4.88 Å². The molecule has 1 aliphatic rings. The van der Waals surface area contributed by atoms with Gasteiger partial charge in [0.15, 0.2) is 0 Å². The maximum atomic E-state index is 11.6. The van der Waals surface area contributed by atoms with Crippen molar-refractivity contribution in [2.75, 3.05) is 0 Å². The first-order chi connectivity index (χ1) is 7.15. The number of halogens is 1. The largest absolute Gasteiger partial charge is 0.351 e. The molecule has 0 aromatic carbocycles. The van der Waals surface area contributed by atoms with E-state index in [9.17, 15) is 4.79 Å². The smallest absolute Gasteiger partial charge is 0.223 e. The maximum absolute atomic E-state index is 11.6. The highest BCUT2D eigenvalue weighted by Crippen LogP contribution is 2.26. The van der Waals surface area contributed by atoms with E-state index in [4.69, 9.17) is 5.73 Å². The number of thiophene rings is 1. The van der Waals surface area contributed by atoms with Crippen LogP contribution < -0.4 is 11.1 Å². The van der Waals surface area contributed by atoms with Gasteiger partial charge in [-0.25, -0.2) is 0 Å². The summed E-state index contributed by atoms with van der Waals surface area (Å²) >= 11 is 5.03. The number of hydrogen-bond donors (Lipinski definition) is 2. The van der Waals surface area contributed by atoms with Crippen LogP contribution in [0.1, 0.15) is 17.7 Å². The van der Waals surface area contributed by atoms with E-state index in [0.717, 1.165) is 17.3 Å². The highest BCUT2D eigenvalue weighted by atomic mass is 79.9. The second-order valence-corrected chi connectivity index (χ2v) is 5.79. The Morgan fingerprint density at radius 1 is 1.67 bits per heavy atom. The average Bonchev–Trinajstić information content (AvgIpc) is 2.56. The van der Waals surface area contributed by atoms with Crippen LogP contribution in [0.4, 0.5) is 0 Å². The van der Waals surface area contributed by atoms with Crippen LogP contribution in [0.3, 0.4) is 0 Å². The van der Waals surface area contributed by atoms with Gasteiger partial charge < -0.3 is 11.1 Å². The molecule has 0 aliphatic heterocycles. The number of rotatable bonds is 3. The van der Waals surface area contributed by atoms with Crippen molar-refractivity contribution in [3.8, 4) is 0 Å². The van der Waals surface area contributed by atoms with Crippen molar-refractivity contribution >= 4 is 33.2 Å². The van der Waals surface area contributed by atoms with Gasteiger partial charge in [0, 0.05) is 26.7 Å². The topological polar surface area (TPSA) is 55.1 Å². The lowest BCUT2D eigenvalue weighted by atomic mass is 9.80. The van der Waals surface area contributed by atoms with Gasteiger partial charge in [0.25, 0.3) is 0 Å². The van der Waals surface area contributed by atoms with Gasteiger partial charge in [-0.1, -0.05) is 0 Å². The standard InChI is InChI=1S/C10H13BrN2OS/c11-7-3-9(15-5-7)4-13-10(14)6-1-8(12)2-6/h3,5-6,8H,1-2,4,12H2,(H,13,14). The lowest BCUT2D eigenvalue weighted by Crippen LogP contribution is -2.44. The molecule has 3 nitrogen and oxygen atoms in total. The second kappa shape index (κ2) is 4.63. The van der Waals surface area contributed by atoms with Crippen LogP contribution in [0.25, 0.3) is 0 Å². The fourth-order valence-corrected chi connectivity index (χ4v) is 3.03. The number of nitrogens with two attached hydrogens (primary N) is 1. The monoisotopic (exact) mass is 288 g/mol. The fourth-order valence-electron chi connectivity index (χ4n) is 1.64. The molecule has 15 heavy (non-hydrogen) atoms. The summed E-state index contributed by atoms with van der Waals surface area (Å²) in [6.07, 6.45) is 1.67. The molecular formula is C10H13BrN2OS. The minimum absolute atomic E-state index is 0.140. The summed E-state index contributed by atoms with van der Waals surface area (Å²) in [6, 6.07) is 2.26. The van der Waals surface area contributed by atoms with Crippen molar-refractivity contribution in [3.63, 3.8) is 0 Å². The molecule has 1 aliphatic carbocycles. The van der Waals surface area contributed by atoms with Crippen LogP contribution in [0, 0.1) is 5.92 Å². The van der Waals surface area contributed by atoms with Crippen LogP contribution in [-0.4, -0.2) is 11.9 Å². The summed E-state index contributed by atoms with van der Waals surface area (Å²) in [5, 5.41) is 4.94. The lowest BCUT2D eigenvalue weighted by Gasteiger charge is -2.30. The van der Waals surface area contributed by atoms with Gasteiger partial charge in [0.05, 0.1) is 6.54 Å². The Hall–Kier alpha value is -0.390. The van der Waals surface area contributed by atoms with Crippen LogP contribution in [-0.2, 0) is 11.3 Å². The van der Waals surface area contributed by atoms with E-state index in [-0.39, 0.29) is 17.9 Å². The van der Waals surface area contributed by atoms with Crippen molar-refractivity contribution in [2.45, 2.75) is 25.4 Å². The molecule has 0 atom stereocenters. The number of nitrogens with one attached hydrogen (secondary N) is 1. The second-order valence-electron chi connectivity index (χ2n) is 3.88. The molecule has 2 rings (SSSR count). The zero-order chi connectivity index (χ0) is 10.8. The van der Waals surface area contributed by atoms with E-state index in [0.29, 0.717) is 6.54 Å². The molecule has 1 aromatic heterocycles. The summed E-state index contributed by atoms with van der Waals surface area (Å²) in [4.78, 5) is 12.7. The quantitative estimate of drug-likeness (QED) is 0.892. The van der Waals surface area contributed by atoms with Crippen LogP contribution in [0.5, 0.6) is 0 Å². The minimum Gasteiger partial charge on any atom is -0.351 e. The van der Waals surface area contributed by atoms with Gasteiger partial charge in [-0.05, 0) is 34.8 Å². The Balaban J connectivity index is 1.76. The molecule has 1 amide bonds. The molecule has 82 valence electrons. The molecule has 3 N–H and O–H groups in total. The van der Waals surface area contributed by atoms with E-state index in [1.54, 1.807) is 11.3 Å². The zero-order valence-electron chi connectivity index (χ0n) is 8.20. The third kappa shape index (κ3) is 2.80. The third-order valence-corrected chi connectivity index (χ3v) is 4.30. The first-order valence-electron chi connectivity index (χ1n) is 4.91. The summed E-state index contributed by atoms with van der Waals surface area (Å²) in [5.41, 5.74) is 5.63. The normalized spacial score (nSPS) is 24.7. The van der Waals surface area contributed by atoms with Crippen molar-refractivity contribution in [3.05, 3.63) is 20.8 Å². The summed E-state index contributed by atoms with van der Waals surface area (Å²) < 4.78 is 1.07. The maximum Gasteiger partial charge on any atom is 0.223 e. The van der Waals surface area contributed by atoms with E-state index >= 15 is 0 Å². The fraction of sp³-hybridized carbons (Fsp3) is 0.500. The minimum atomic E-state index is 0.140. The average molecular weight is 289 g/mol. The molecule has 1 fully saturated rings. The predicted molar refractivity (Wildman–Crippen MR) is 64.6 cm³/mol. The Kier molecular flexibility index (Phi) is 3.43. The van der Waals surface area contributed by atoms with E-state index < -0.39 is 0 Å². The Morgan fingerprint density at radius 2 is 2.40 bits per heavy atom. The molecular weight excluding hydrogens is 276 g/mol. The molecule has 1 aromatic rings. The number of carbonyl (C=O) groups is 1. The Bertz CT molecular complexity index is 360. The third-order valence-electron chi connectivity index (χ3n) is 2.60.